The fourth-order valence-corrected chi connectivity index (χ4v) is 5.77. The summed E-state index contributed by atoms with van der Waals surface area (Å²) in [5.74, 6) is -1.52. The summed E-state index contributed by atoms with van der Waals surface area (Å²) in [4.78, 5) is 36.8. The first-order valence-corrected chi connectivity index (χ1v) is 20.5. The minimum Gasteiger partial charge on any atom is -0.477 e. The van der Waals surface area contributed by atoms with Crippen molar-refractivity contribution in [1.29, 1.82) is 0 Å². The van der Waals surface area contributed by atoms with E-state index in [0.29, 0.717) is 19.3 Å². The first-order chi connectivity index (χ1) is 24.6. The van der Waals surface area contributed by atoms with Crippen molar-refractivity contribution in [2.24, 2.45) is 0 Å². The molecule has 1 N–H and O–H groups in total. The summed E-state index contributed by atoms with van der Waals surface area (Å²) in [6, 6.07) is -0.619. The molecule has 0 heterocycles. The lowest BCUT2D eigenvalue weighted by Gasteiger charge is -2.31. The van der Waals surface area contributed by atoms with Crippen LogP contribution in [0.4, 0.5) is 0 Å². The van der Waals surface area contributed by atoms with Crippen LogP contribution in [-0.4, -0.2) is 80.6 Å². The quantitative estimate of drug-likeness (QED) is 0.0226. The van der Waals surface area contributed by atoms with Gasteiger partial charge in [-0.3, -0.25) is 9.59 Å². The van der Waals surface area contributed by atoms with Gasteiger partial charge in [0.05, 0.1) is 34.4 Å². The van der Waals surface area contributed by atoms with Crippen LogP contribution in [0.25, 0.3) is 0 Å². The van der Waals surface area contributed by atoms with Gasteiger partial charge in [0.25, 0.3) is 0 Å². The van der Waals surface area contributed by atoms with E-state index in [1.807, 2.05) is 21.1 Å². The Kier molecular flexibility index (Phi) is 33.0. The van der Waals surface area contributed by atoms with Crippen LogP contribution in [0, 0.1) is 0 Å². The number of unbranched alkanes of at least 4 members (excludes halogenated alkanes) is 17. The Morgan fingerprint density at radius 1 is 0.588 bits per heavy atom. The fourth-order valence-electron chi connectivity index (χ4n) is 5.77. The molecule has 0 rings (SSSR count). The van der Waals surface area contributed by atoms with Crippen LogP contribution in [0.2, 0.25) is 0 Å². The summed E-state index contributed by atoms with van der Waals surface area (Å²) in [7, 11) is 5.51. The van der Waals surface area contributed by atoms with E-state index < -0.39 is 18.1 Å². The number of quaternary nitrogens is 1. The third-order valence-corrected chi connectivity index (χ3v) is 9.04. The van der Waals surface area contributed by atoms with Gasteiger partial charge in [0, 0.05) is 19.3 Å². The number of likely N-dealkylation sites (N-methyl/N-ethyl adjacent to an activating group) is 1. The highest BCUT2D eigenvalue weighted by atomic mass is 16.6. The third-order valence-electron chi connectivity index (χ3n) is 9.04. The van der Waals surface area contributed by atoms with Crippen molar-refractivity contribution < 1.29 is 38.2 Å². The first-order valence-electron chi connectivity index (χ1n) is 20.5. The second-order valence-electron chi connectivity index (χ2n) is 14.9. The molecule has 0 fully saturated rings. The second kappa shape index (κ2) is 34.6. The first kappa shape index (κ1) is 48.5. The normalized spacial score (nSPS) is 13.4. The maximum atomic E-state index is 12.7. The molecule has 0 aromatic carbocycles. The molecule has 296 valence electrons. The van der Waals surface area contributed by atoms with Gasteiger partial charge >= 0.3 is 17.9 Å². The van der Waals surface area contributed by atoms with E-state index in [1.54, 1.807) is 0 Å². The van der Waals surface area contributed by atoms with Crippen molar-refractivity contribution in [2.45, 2.75) is 180 Å². The highest BCUT2D eigenvalue weighted by molar-refractivity contribution is 5.72. The zero-order valence-electron chi connectivity index (χ0n) is 33.6. The lowest BCUT2D eigenvalue weighted by Crippen LogP contribution is -2.50. The van der Waals surface area contributed by atoms with Crippen molar-refractivity contribution >= 4 is 17.9 Å². The molecule has 8 heteroatoms. The van der Waals surface area contributed by atoms with Crippen LogP contribution in [-0.2, 0) is 28.6 Å². The molecular formula is C43H78NO7+. The number of aliphatic carboxylic acids is 1. The number of allylic oxidation sites excluding steroid dienone is 6. The van der Waals surface area contributed by atoms with E-state index in [0.717, 1.165) is 64.2 Å². The van der Waals surface area contributed by atoms with Gasteiger partial charge in [-0.15, -0.1) is 0 Å². The maximum Gasteiger partial charge on any atom is 0.362 e. The molecule has 0 aromatic heterocycles. The highest BCUT2D eigenvalue weighted by Gasteiger charge is 2.31. The molecule has 8 nitrogen and oxygen atoms in total. The van der Waals surface area contributed by atoms with Gasteiger partial charge in [-0.2, -0.15) is 0 Å². The van der Waals surface area contributed by atoms with E-state index in [9.17, 15) is 19.5 Å². The summed E-state index contributed by atoms with van der Waals surface area (Å²) >= 11 is 0. The molecule has 0 aromatic rings. The highest BCUT2D eigenvalue weighted by Crippen LogP contribution is 2.13. The summed E-state index contributed by atoms with van der Waals surface area (Å²) in [5.41, 5.74) is 0. The molecule has 0 saturated carbocycles. The molecule has 0 aliphatic rings. The van der Waals surface area contributed by atoms with Crippen LogP contribution < -0.4 is 0 Å². The zero-order chi connectivity index (χ0) is 37.8. The molecule has 0 radical (unpaired) electrons. The number of hydrogen-bond donors (Lipinski definition) is 1. The largest absolute Gasteiger partial charge is 0.477 e. The smallest absolute Gasteiger partial charge is 0.362 e. The van der Waals surface area contributed by atoms with Gasteiger partial charge in [0.15, 0.2) is 12.1 Å². The van der Waals surface area contributed by atoms with Gasteiger partial charge in [-0.05, 0) is 57.8 Å². The molecule has 51 heavy (non-hydrogen) atoms. The van der Waals surface area contributed by atoms with Gasteiger partial charge in [-0.1, -0.05) is 127 Å². The minimum absolute atomic E-state index is 0.0483. The molecule has 0 bridgehead atoms. The van der Waals surface area contributed by atoms with Crippen molar-refractivity contribution in [1.82, 2.24) is 0 Å². The predicted molar refractivity (Wildman–Crippen MR) is 211 cm³/mol. The average molecular weight is 721 g/mol. The van der Waals surface area contributed by atoms with Gasteiger partial charge in [0.1, 0.15) is 6.61 Å². The van der Waals surface area contributed by atoms with Crippen LogP contribution in [0.3, 0.4) is 0 Å². The number of carbonyl (C=O) groups excluding carboxylic acids is 2. The monoisotopic (exact) mass is 721 g/mol. The fraction of sp³-hybridized carbons (Fsp3) is 0.791. The lowest BCUT2D eigenvalue weighted by atomic mass is 10.1. The summed E-state index contributed by atoms with van der Waals surface area (Å²) in [5, 5.41) is 9.59. The summed E-state index contributed by atoms with van der Waals surface area (Å²) in [6.07, 6.45) is 37.6. The number of hydrogen-bond acceptors (Lipinski definition) is 6. The number of ether oxygens (including phenoxy) is 3. The Bertz CT molecular complexity index is 937. The van der Waals surface area contributed by atoms with Crippen molar-refractivity contribution in [3.05, 3.63) is 36.5 Å². The Balaban J connectivity index is 4.45. The summed E-state index contributed by atoms with van der Waals surface area (Å²) < 4.78 is 17.2. The topological polar surface area (TPSA) is 99.1 Å². The van der Waals surface area contributed by atoms with E-state index in [-0.39, 0.29) is 36.2 Å². The molecule has 0 saturated heterocycles. The van der Waals surface area contributed by atoms with Crippen LogP contribution in [0.15, 0.2) is 36.5 Å². The van der Waals surface area contributed by atoms with Crippen LogP contribution in [0.1, 0.15) is 168 Å². The summed E-state index contributed by atoms with van der Waals surface area (Å²) in [6.45, 7) is 4.64. The Labute approximate surface area is 313 Å². The number of carbonyl (C=O) groups is 3. The minimum atomic E-state index is -0.881. The SMILES string of the molecule is CCCC/C=C/CCCCCCCC(=O)OCC(COCCC(C(=O)O)[N+](C)(C)C)OC(=O)CCCCC/C=C/C=C/CCCCCCCCC. The second-order valence-corrected chi connectivity index (χ2v) is 14.9. The number of nitrogens with zero attached hydrogens (tertiary/aromatic N) is 1. The molecule has 0 aliphatic heterocycles. The lowest BCUT2D eigenvalue weighted by molar-refractivity contribution is -0.887. The predicted octanol–water partition coefficient (Wildman–Crippen LogP) is 10.7. The third kappa shape index (κ3) is 33.2. The van der Waals surface area contributed by atoms with E-state index in [1.165, 1.54) is 70.6 Å². The zero-order valence-corrected chi connectivity index (χ0v) is 33.6. The Hall–Kier alpha value is -2.45. The van der Waals surface area contributed by atoms with Crippen LogP contribution in [0.5, 0.6) is 0 Å². The maximum absolute atomic E-state index is 12.7. The average Bonchev–Trinajstić information content (AvgIpc) is 3.08. The van der Waals surface area contributed by atoms with Gasteiger partial charge < -0.3 is 23.8 Å². The van der Waals surface area contributed by atoms with Crippen molar-refractivity contribution in [3.63, 3.8) is 0 Å². The van der Waals surface area contributed by atoms with Crippen molar-refractivity contribution in [3.8, 4) is 0 Å². The molecule has 2 unspecified atom stereocenters. The number of carboxylic acids is 1. The molecule has 2 atom stereocenters. The van der Waals surface area contributed by atoms with Gasteiger partial charge in [0.2, 0.25) is 0 Å². The van der Waals surface area contributed by atoms with E-state index in [4.69, 9.17) is 14.2 Å². The van der Waals surface area contributed by atoms with E-state index in [2.05, 4.69) is 50.3 Å². The van der Waals surface area contributed by atoms with Crippen molar-refractivity contribution in [2.75, 3.05) is 41.0 Å². The number of esters is 2. The molecule has 0 spiro atoms. The Morgan fingerprint density at radius 3 is 1.61 bits per heavy atom. The van der Waals surface area contributed by atoms with Crippen LogP contribution >= 0.6 is 0 Å². The molecule has 0 amide bonds. The number of rotatable bonds is 36. The molecular weight excluding hydrogens is 642 g/mol. The number of carboxylic acid groups (broad SMARTS) is 1. The van der Waals surface area contributed by atoms with E-state index >= 15 is 0 Å². The van der Waals surface area contributed by atoms with Gasteiger partial charge in [-0.25, -0.2) is 4.79 Å². The standard InChI is InChI=1S/C43H77NO7/c1-6-8-10-12-14-16-18-19-20-21-22-24-26-28-30-32-34-42(46)51-39(37-49-36-35-40(43(47)48)44(3,4)5)38-50-41(45)33-31-29-27-25-23-17-15-13-11-9-7-2/h13,15,20-22,24,39-40H,6-12,14,16-19,23,25-38H2,1-5H3/p+1/b15-13+,21-20+,24-22+. The Morgan fingerprint density at radius 2 is 1.06 bits per heavy atom. The molecule has 0 aliphatic carbocycles.